The summed E-state index contributed by atoms with van der Waals surface area (Å²) in [5.41, 5.74) is 0. The number of ether oxygens (including phenoxy) is 1. The van der Waals surface area contributed by atoms with Crippen LogP contribution in [0.25, 0.3) is 5.95 Å². The van der Waals surface area contributed by atoms with Crippen molar-refractivity contribution >= 4 is 5.95 Å². The van der Waals surface area contributed by atoms with Gasteiger partial charge in [0.1, 0.15) is 6.10 Å². The van der Waals surface area contributed by atoms with Crippen LogP contribution in [0, 0.1) is 0 Å². The van der Waals surface area contributed by atoms with Gasteiger partial charge in [-0.2, -0.15) is 20.1 Å². The zero-order valence-corrected chi connectivity index (χ0v) is 12.2. The summed E-state index contributed by atoms with van der Waals surface area (Å²) in [7, 11) is 3.88. The second kappa shape index (κ2) is 6.04. The molecule has 21 heavy (non-hydrogen) atoms. The molecule has 1 saturated heterocycles. The third-order valence-corrected chi connectivity index (χ3v) is 3.47. The first kappa shape index (κ1) is 13.7. The Bertz CT molecular complexity index is 578. The highest BCUT2D eigenvalue weighted by molar-refractivity contribution is 5.29. The highest BCUT2D eigenvalue weighted by Gasteiger charge is 2.20. The molecule has 0 aliphatic carbocycles. The van der Waals surface area contributed by atoms with Crippen LogP contribution in [0.2, 0.25) is 0 Å². The Morgan fingerprint density at radius 2 is 2.05 bits per heavy atom. The molecule has 0 radical (unpaired) electrons. The Labute approximate surface area is 123 Å². The van der Waals surface area contributed by atoms with E-state index in [-0.39, 0.29) is 6.10 Å². The van der Waals surface area contributed by atoms with Crippen LogP contribution in [0.1, 0.15) is 12.8 Å². The van der Waals surface area contributed by atoms with Gasteiger partial charge in [0.2, 0.25) is 5.95 Å². The molecular formula is C13H19N7O. The number of hydrogen-bond acceptors (Lipinski definition) is 7. The topological polar surface area (TPSA) is 81.0 Å². The van der Waals surface area contributed by atoms with Gasteiger partial charge in [0.05, 0.1) is 0 Å². The third kappa shape index (κ3) is 3.27. The Hall–Kier alpha value is -2.22. The smallest absolute Gasteiger partial charge is 0.323 e. The van der Waals surface area contributed by atoms with Crippen molar-refractivity contribution in [1.29, 1.82) is 0 Å². The van der Waals surface area contributed by atoms with E-state index in [2.05, 4.69) is 37.3 Å². The molecule has 0 saturated carbocycles. The average molecular weight is 289 g/mol. The van der Waals surface area contributed by atoms with Crippen LogP contribution in [0.5, 0.6) is 6.01 Å². The molecule has 3 rings (SSSR count). The predicted molar refractivity (Wildman–Crippen MR) is 77.6 cm³/mol. The SMILES string of the molecule is CNc1nc(OC2CCN(C)CC2)nc(-n2cccn2)n1. The van der Waals surface area contributed by atoms with E-state index in [4.69, 9.17) is 4.74 Å². The number of piperidine rings is 1. The molecule has 0 spiro atoms. The number of aromatic nitrogens is 5. The first-order valence-electron chi connectivity index (χ1n) is 7.03. The normalized spacial score (nSPS) is 16.9. The molecule has 8 nitrogen and oxygen atoms in total. The van der Waals surface area contributed by atoms with Gasteiger partial charge in [-0.1, -0.05) is 0 Å². The van der Waals surface area contributed by atoms with Gasteiger partial charge in [-0.05, 0) is 26.0 Å². The highest BCUT2D eigenvalue weighted by Crippen LogP contribution is 2.17. The summed E-state index contributed by atoms with van der Waals surface area (Å²) in [6.07, 6.45) is 5.58. The van der Waals surface area contributed by atoms with Crippen molar-refractivity contribution in [1.82, 2.24) is 29.6 Å². The fourth-order valence-corrected chi connectivity index (χ4v) is 2.25. The van der Waals surface area contributed by atoms with Crippen LogP contribution >= 0.6 is 0 Å². The second-order valence-corrected chi connectivity index (χ2v) is 5.06. The Morgan fingerprint density at radius 1 is 1.24 bits per heavy atom. The molecule has 1 aliphatic heterocycles. The van der Waals surface area contributed by atoms with E-state index < -0.39 is 0 Å². The maximum absolute atomic E-state index is 5.91. The minimum atomic E-state index is 0.152. The summed E-state index contributed by atoms with van der Waals surface area (Å²) < 4.78 is 7.50. The van der Waals surface area contributed by atoms with Gasteiger partial charge in [-0.25, -0.2) is 4.68 Å². The van der Waals surface area contributed by atoms with Gasteiger partial charge in [-0.15, -0.1) is 0 Å². The first-order valence-corrected chi connectivity index (χ1v) is 7.03. The lowest BCUT2D eigenvalue weighted by molar-refractivity contribution is 0.105. The standard InChI is InChI=1S/C13H19N7O/c1-14-11-16-12(20-7-3-6-15-20)18-13(17-11)21-10-4-8-19(2)9-5-10/h3,6-7,10H,4-5,8-9H2,1-2H3,(H,14,16,17,18). The van der Waals surface area contributed by atoms with E-state index in [1.54, 1.807) is 24.1 Å². The monoisotopic (exact) mass is 289 g/mol. The van der Waals surface area contributed by atoms with Crippen molar-refractivity contribution in [3.05, 3.63) is 18.5 Å². The van der Waals surface area contributed by atoms with Crippen LogP contribution in [0.15, 0.2) is 18.5 Å². The van der Waals surface area contributed by atoms with Gasteiger partial charge >= 0.3 is 6.01 Å². The van der Waals surface area contributed by atoms with Crippen LogP contribution in [-0.4, -0.2) is 62.9 Å². The van der Waals surface area contributed by atoms with E-state index in [0.29, 0.717) is 17.9 Å². The van der Waals surface area contributed by atoms with Gasteiger partial charge in [0.25, 0.3) is 5.95 Å². The summed E-state index contributed by atoms with van der Waals surface area (Å²) in [5, 5.41) is 7.06. The van der Waals surface area contributed by atoms with Crippen molar-refractivity contribution < 1.29 is 4.74 Å². The van der Waals surface area contributed by atoms with Crippen molar-refractivity contribution in [3.8, 4) is 12.0 Å². The predicted octanol–water partition coefficient (Wildman–Crippen LogP) is 0.572. The Kier molecular flexibility index (Phi) is 3.96. The molecule has 1 fully saturated rings. The van der Waals surface area contributed by atoms with Gasteiger partial charge in [-0.3, -0.25) is 0 Å². The van der Waals surface area contributed by atoms with E-state index in [1.807, 2.05) is 6.07 Å². The van der Waals surface area contributed by atoms with Crippen molar-refractivity contribution in [2.24, 2.45) is 0 Å². The zero-order valence-electron chi connectivity index (χ0n) is 12.2. The highest BCUT2D eigenvalue weighted by atomic mass is 16.5. The van der Waals surface area contributed by atoms with Gasteiger partial charge in [0, 0.05) is 32.5 Å². The summed E-state index contributed by atoms with van der Waals surface area (Å²) in [6.45, 7) is 2.06. The van der Waals surface area contributed by atoms with E-state index >= 15 is 0 Å². The third-order valence-electron chi connectivity index (χ3n) is 3.47. The average Bonchev–Trinajstić information content (AvgIpc) is 3.04. The van der Waals surface area contributed by atoms with E-state index in [0.717, 1.165) is 25.9 Å². The van der Waals surface area contributed by atoms with E-state index in [1.165, 1.54) is 0 Å². The fraction of sp³-hybridized carbons (Fsp3) is 0.538. The number of nitrogens with one attached hydrogen (secondary N) is 1. The lowest BCUT2D eigenvalue weighted by Gasteiger charge is -2.28. The molecule has 0 unspecified atom stereocenters. The second-order valence-electron chi connectivity index (χ2n) is 5.06. The van der Waals surface area contributed by atoms with Crippen molar-refractivity contribution in [3.63, 3.8) is 0 Å². The molecular weight excluding hydrogens is 270 g/mol. The molecule has 1 aliphatic rings. The van der Waals surface area contributed by atoms with Gasteiger partial charge < -0.3 is 15.0 Å². The first-order chi connectivity index (χ1) is 10.2. The molecule has 2 aromatic heterocycles. The number of hydrogen-bond donors (Lipinski definition) is 1. The molecule has 1 N–H and O–H groups in total. The Morgan fingerprint density at radius 3 is 2.71 bits per heavy atom. The number of likely N-dealkylation sites (tertiary alicyclic amines) is 1. The number of nitrogens with zero attached hydrogens (tertiary/aromatic N) is 6. The van der Waals surface area contributed by atoms with Crippen molar-refractivity contribution in [2.75, 3.05) is 32.5 Å². The fourth-order valence-electron chi connectivity index (χ4n) is 2.25. The summed E-state index contributed by atoms with van der Waals surface area (Å²) in [4.78, 5) is 15.2. The maximum Gasteiger partial charge on any atom is 0.323 e. The minimum Gasteiger partial charge on any atom is -0.460 e. The van der Waals surface area contributed by atoms with Crippen LogP contribution < -0.4 is 10.1 Å². The number of rotatable bonds is 4. The summed E-state index contributed by atoms with van der Waals surface area (Å²) in [5.74, 6) is 0.917. The molecule has 8 heteroatoms. The lowest BCUT2D eigenvalue weighted by atomic mass is 10.1. The van der Waals surface area contributed by atoms with Crippen LogP contribution in [0.3, 0.4) is 0 Å². The van der Waals surface area contributed by atoms with Crippen molar-refractivity contribution in [2.45, 2.75) is 18.9 Å². The quantitative estimate of drug-likeness (QED) is 0.881. The summed E-state index contributed by atoms with van der Waals surface area (Å²) >= 11 is 0. The lowest BCUT2D eigenvalue weighted by Crippen LogP contribution is -2.36. The van der Waals surface area contributed by atoms with Crippen LogP contribution in [0.4, 0.5) is 5.95 Å². The zero-order chi connectivity index (χ0) is 14.7. The molecule has 0 aromatic carbocycles. The maximum atomic E-state index is 5.91. The molecule has 0 atom stereocenters. The molecule has 2 aromatic rings. The largest absolute Gasteiger partial charge is 0.460 e. The molecule has 0 bridgehead atoms. The van der Waals surface area contributed by atoms with E-state index in [9.17, 15) is 0 Å². The van der Waals surface area contributed by atoms with Gasteiger partial charge in [0.15, 0.2) is 0 Å². The molecule has 3 heterocycles. The minimum absolute atomic E-state index is 0.152. The van der Waals surface area contributed by atoms with Crippen LogP contribution in [-0.2, 0) is 0 Å². The summed E-state index contributed by atoms with van der Waals surface area (Å²) in [6, 6.07) is 2.16. The molecule has 112 valence electrons. The molecule has 0 amide bonds. The Balaban J connectivity index is 1.79. The number of anilines is 1.